The van der Waals surface area contributed by atoms with Crippen molar-refractivity contribution >= 4 is 16.9 Å². The number of fused-ring (bicyclic) bond motifs is 1. The Morgan fingerprint density at radius 2 is 2.03 bits per heavy atom. The number of nitrogens with zero attached hydrogens (tertiary/aromatic N) is 1. The molecule has 1 aliphatic rings. The lowest BCUT2D eigenvalue weighted by Gasteiger charge is -2.20. The van der Waals surface area contributed by atoms with Gasteiger partial charge in [0.2, 0.25) is 0 Å². The predicted molar refractivity (Wildman–Crippen MR) is 118 cm³/mol. The minimum absolute atomic E-state index is 0.197. The smallest absolute Gasteiger partial charge is 0.342 e. The van der Waals surface area contributed by atoms with Gasteiger partial charge < -0.3 is 19.2 Å². The number of carbonyl (C=O) groups is 1. The number of phenols is 1. The molecule has 0 radical (unpaired) electrons. The first-order valence-electron chi connectivity index (χ1n) is 10.8. The van der Waals surface area contributed by atoms with Crippen molar-refractivity contribution in [3.63, 3.8) is 0 Å². The summed E-state index contributed by atoms with van der Waals surface area (Å²) >= 11 is 0. The number of hydrogen-bond acceptors (Lipinski definition) is 5. The molecule has 5 heteroatoms. The van der Waals surface area contributed by atoms with E-state index < -0.39 is 5.97 Å². The number of aryl methyl sites for hydroxylation is 1. The molecule has 0 spiro atoms. The van der Waals surface area contributed by atoms with Gasteiger partial charge in [-0.3, -0.25) is 0 Å². The van der Waals surface area contributed by atoms with Gasteiger partial charge in [-0.25, -0.2) is 4.79 Å². The fourth-order valence-corrected chi connectivity index (χ4v) is 4.48. The second-order valence-corrected chi connectivity index (χ2v) is 7.96. The van der Waals surface area contributed by atoms with Crippen molar-refractivity contribution in [2.45, 2.75) is 45.6 Å². The van der Waals surface area contributed by atoms with E-state index in [1.807, 2.05) is 30.3 Å². The first kappa shape index (κ1) is 20.5. The molecule has 0 amide bonds. The van der Waals surface area contributed by atoms with Gasteiger partial charge in [0.25, 0.3) is 0 Å². The summed E-state index contributed by atoms with van der Waals surface area (Å²) < 4.78 is 11.5. The molecule has 158 valence electrons. The minimum atomic E-state index is -0.421. The third-order valence-corrected chi connectivity index (χ3v) is 6.02. The standard InChI is InChI=1S/C25H29NO4/c1-3-29-25(28)23-22-19(12-8-16-26-15-7-9-17(26)2)20(27)13-14-21(22)30-24(23)18-10-5-4-6-11-18/h4-6,10-11,13-14,17,27H,3,7-9,12,15-16H2,1-2H3/t17-/m1/s1. The van der Waals surface area contributed by atoms with Crippen molar-refractivity contribution in [3.8, 4) is 17.1 Å². The monoisotopic (exact) mass is 407 g/mol. The molecule has 2 heterocycles. The van der Waals surface area contributed by atoms with Gasteiger partial charge in [0.15, 0.2) is 0 Å². The fraction of sp³-hybridized carbons (Fsp3) is 0.400. The molecule has 0 bridgehead atoms. The third kappa shape index (κ3) is 3.94. The summed E-state index contributed by atoms with van der Waals surface area (Å²) in [6.45, 7) is 6.45. The summed E-state index contributed by atoms with van der Waals surface area (Å²) in [5.41, 5.74) is 2.57. The molecule has 1 atom stereocenters. The van der Waals surface area contributed by atoms with Crippen LogP contribution in [0.4, 0.5) is 0 Å². The summed E-state index contributed by atoms with van der Waals surface area (Å²) in [5.74, 6) is 0.266. The van der Waals surface area contributed by atoms with Crippen LogP contribution in [0.2, 0.25) is 0 Å². The second kappa shape index (κ2) is 8.92. The van der Waals surface area contributed by atoms with Crippen LogP contribution in [0.1, 0.15) is 49.0 Å². The fourth-order valence-electron chi connectivity index (χ4n) is 4.48. The molecule has 1 aliphatic heterocycles. The van der Waals surface area contributed by atoms with Crippen LogP contribution >= 0.6 is 0 Å². The number of ether oxygens (including phenoxy) is 1. The van der Waals surface area contributed by atoms with Gasteiger partial charge in [0.05, 0.1) is 6.61 Å². The Hall–Kier alpha value is -2.79. The Balaban J connectivity index is 1.75. The second-order valence-electron chi connectivity index (χ2n) is 7.96. The van der Waals surface area contributed by atoms with E-state index in [9.17, 15) is 9.90 Å². The van der Waals surface area contributed by atoms with E-state index in [0.717, 1.165) is 30.6 Å². The molecular formula is C25H29NO4. The molecule has 1 saturated heterocycles. The van der Waals surface area contributed by atoms with E-state index >= 15 is 0 Å². The number of aromatic hydroxyl groups is 1. The van der Waals surface area contributed by atoms with Crippen molar-refractivity contribution in [1.29, 1.82) is 0 Å². The van der Waals surface area contributed by atoms with Crippen LogP contribution in [0.3, 0.4) is 0 Å². The molecule has 4 rings (SSSR count). The van der Waals surface area contributed by atoms with Gasteiger partial charge in [0, 0.05) is 22.6 Å². The maximum atomic E-state index is 12.9. The summed E-state index contributed by atoms with van der Waals surface area (Å²) in [6, 6.07) is 13.6. The Bertz CT molecular complexity index is 1020. The lowest BCUT2D eigenvalue weighted by atomic mass is 9.98. The van der Waals surface area contributed by atoms with Crippen LogP contribution in [0.25, 0.3) is 22.3 Å². The zero-order chi connectivity index (χ0) is 21.1. The van der Waals surface area contributed by atoms with E-state index in [1.54, 1.807) is 19.1 Å². The van der Waals surface area contributed by atoms with Gasteiger partial charge in [0.1, 0.15) is 22.7 Å². The number of esters is 1. The van der Waals surface area contributed by atoms with Crippen LogP contribution in [0, 0.1) is 0 Å². The first-order valence-corrected chi connectivity index (χ1v) is 10.8. The van der Waals surface area contributed by atoms with E-state index in [0.29, 0.717) is 34.8 Å². The normalized spacial score (nSPS) is 16.9. The van der Waals surface area contributed by atoms with E-state index in [1.165, 1.54) is 12.8 Å². The van der Waals surface area contributed by atoms with Gasteiger partial charge >= 0.3 is 5.97 Å². The Kier molecular flexibility index (Phi) is 6.09. The number of hydrogen-bond donors (Lipinski definition) is 1. The quantitative estimate of drug-likeness (QED) is 0.531. The van der Waals surface area contributed by atoms with Gasteiger partial charge in [-0.2, -0.15) is 0 Å². The summed E-state index contributed by atoms with van der Waals surface area (Å²) in [7, 11) is 0. The number of furan rings is 1. The SMILES string of the molecule is CCOC(=O)c1c(-c2ccccc2)oc2ccc(O)c(CCCN3CCC[C@H]3C)c12. The summed E-state index contributed by atoms with van der Waals surface area (Å²) in [4.78, 5) is 15.4. The summed E-state index contributed by atoms with van der Waals surface area (Å²) in [5, 5.41) is 11.3. The lowest BCUT2D eigenvalue weighted by Crippen LogP contribution is -2.28. The zero-order valence-electron chi connectivity index (χ0n) is 17.7. The molecule has 2 aromatic carbocycles. The maximum Gasteiger partial charge on any atom is 0.342 e. The van der Waals surface area contributed by atoms with E-state index in [2.05, 4.69) is 11.8 Å². The molecule has 3 aromatic rings. The molecule has 0 aliphatic carbocycles. The average molecular weight is 408 g/mol. The van der Waals surface area contributed by atoms with Gasteiger partial charge in [-0.15, -0.1) is 0 Å². The molecule has 1 aromatic heterocycles. The number of carbonyl (C=O) groups excluding carboxylic acids is 1. The zero-order valence-corrected chi connectivity index (χ0v) is 17.7. The van der Waals surface area contributed by atoms with Crippen LogP contribution in [0.5, 0.6) is 5.75 Å². The highest BCUT2D eigenvalue weighted by molar-refractivity contribution is 6.10. The molecule has 1 N–H and O–H groups in total. The largest absolute Gasteiger partial charge is 0.508 e. The number of likely N-dealkylation sites (tertiary alicyclic amines) is 1. The van der Waals surface area contributed by atoms with Gasteiger partial charge in [-0.05, 0) is 64.8 Å². The topological polar surface area (TPSA) is 62.9 Å². The number of phenolic OH excluding ortho intramolecular Hbond substituents is 1. The van der Waals surface area contributed by atoms with E-state index in [4.69, 9.17) is 9.15 Å². The van der Waals surface area contributed by atoms with Crippen LogP contribution in [-0.4, -0.2) is 41.7 Å². The van der Waals surface area contributed by atoms with Crippen molar-refractivity contribution in [2.24, 2.45) is 0 Å². The van der Waals surface area contributed by atoms with Crippen molar-refractivity contribution in [1.82, 2.24) is 4.90 Å². The minimum Gasteiger partial charge on any atom is -0.508 e. The predicted octanol–water partition coefficient (Wildman–Crippen LogP) is 5.40. The highest BCUT2D eigenvalue weighted by Gasteiger charge is 2.27. The van der Waals surface area contributed by atoms with Crippen molar-refractivity contribution in [2.75, 3.05) is 19.7 Å². The molecular weight excluding hydrogens is 378 g/mol. The molecule has 30 heavy (non-hydrogen) atoms. The highest BCUT2D eigenvalue weighted by atomic mass is 16.5. The van der Waals surface area contributed by atoms with Crippen LogP contribution < -0.4 is 0 Å². The number of benzene rings is 2. The Labute approximate surface area is 177 Å². The molecule has 1 fully saturated rings. The molecule has 5 nitrogen and oxygen atoms in total. The number of rotatable bonds is 7. The lowest BCUT2D eigenvalue weighted by molar-refractivity contribution is 0.0528. The van der Waals surface area contributed by atoms with Crippen LogP contribution in [-0.2, 0) is 11.2 Å². The van der Waals surface area contributed by atoms with Gasteiger partial charge in [-0.1, -0.05) is 30.3 Å². The average Bonchev–Trinajstić information content (AvgIpc) is 3.34. The highest BCUT2D eigenvalue weighted by Crippen LogP contribution is 2.39. The molecule has 0 saturated carbocycles. The van der Waals surface area contributed by atoms with Crippen LogP contribution in [0.15, 0.2) is 46.9 Å². The maximum absolute atomic E-state index is 12.9. The van der Waals surface area contributed by atoms with E-state index in [-0.39, 0.29) is 12.4 Å². The Morgan fingerprint density at radius 3 is 2.73 bits per heavy atom. The van der Waals surface area contributed by atoms with Crippen molar-refractivity contribution in [3.05, 3.63) is 53.6 Å². The Morgan fingerprint density at radius 1 is 1.23 bits per heavy atom. The van der Waals surface area contributed by atoms with Crippen molar-refractivity contribution < 1.29 is 19.1 Å². The first-order chi connectivity index (χ1) is 14.6. The summed E-state index contributed by atoms with van der Waals surface area (Å²) in [6.07, 6.45) is 4.07. The third-order valence-electron chi connectivity index (χ3n) is 6.02. The molecule has 0 unspecified atom stereocenters.